The van der Waals surface area contributed by atoms with Crippen LogP contribution in [-0.2, 0) is 13.6 Å². The van der Waals surface area contributed by atoms with Gasteiger partial charge in [-0.15, -0.1) is 0 Å². The minimum Gasteiger partial charge on any atom is -0.350 e. The Morgan fingerprint density at radius 1 is 1.14 bits per heavy atom. The second kappa shape index (κ2) is 5.47. The van der Waals surface area contributed by atoms with Crippen LogP contribution >= 0.6 is 0 Å². The molecule has 3 heterocycles. The molecule has 21 heavy (non-hydrogen) atoms. The van der Waals surface area contributed by atoms with Crippen molar-refractivity contribution in [2.45, 2.75) is 44.3 Å². The van der Waals surface area contributed by atoms with E-state index in [0.29, 0.717) is 6.04 Å². The van der Waals surface area contributed by atoms with Crippen LogP contribution in [0.2, 0.25) is 0 Å². The molecule has 3 heteroatoms. The van der Waals surface area contributed by atoms with Gasteiger partial charge in [0, 0.05) is 49.3 Å². The van der Waals surface area contributed by atoms with Gasteiger partial charge in [-0.1, -0.05) is 24.6 Å². The lowest BCUT2D eigenvalue weighted by Crippen LogP contribution is -2.44. The molecule has 2 atom stereocenters. The first-order chi connectivity index (χ1) is 10.3. The van der Waals surface area contributed by atoms with Crippen LogP contribution in [0.25, 0.3) is 10.9 Å². The summed E-state index contributed by atoms with van der Waals surface area (Å²) in [6.07, 6.45) is 7.79. The van der Waals surface area contributed by atoms with Crippen molar-refractivity contribution in [3.05, 3.63) is 36.0 Å². The SMILES string of the molecule is Cn1cc(CNC2CCN3CCCCC23)c2ccccc21. The highest BCUT2D eigenvalue weighted by atomic mass is 15.2. The summed E-state index contributed by atoms with van der Waals surface area (Å²) in [5.74, 6) is 0. The Hall–Kier alpha value is -1.32. The van der Waals surface area contributed by atoms with Gasteiger partial charge >= 0.3 is 0 Å². The number of hydrogen-bond acceptors (Lipinski definition) is 2. The first-order valence-corrected chi connectivity index (χ1v) is 8.33. The van der Waals surface area contributed by atoms with Gasteiger partial charge in [0.15, 0.2) is 0 Å². The molecule has 2 saturated heterocycles. The minimum atomic E-state index is 0.685. The lowest BCUT2D eigenvalue weighted by atomic mass is 9.99. The number of aryl methyl sites for hydroxylation is 1. The Balaban J connectivity index is 1.49. The van der Waals surface area contributed by atoms with Crippen LogP contribution in [0.3, 0.4) is 0 Å². The fourth-order valence-electron chi connectivity index (χ4n) is 4.29. The molecular weight excluding hydrogens is 258 g/mol. The summed E-state index contributed by atoms with van der Waals surface area (Å²) in [6.45, 7) is 3.60. The molecule has 2 fully saturated rings. The zero-order valence-corrected chi connectivity index (χ0v) is 12.9. The highest BCUT2D eigenvalue weighted by Gasteiger charge is 2.34. The fraction of sp³-hybridized carbons (Fsp3) is 0.556. The summed E-state index contributed by atoms with van der Waals surface area (Å²) in [5, 5.41) is 5.24. The molecule has 2 aromatic rings. The van der Waals surface area contributed by atoms with Crippen LogP contribution < -0.4 is 5.32 Å². The lowest BCUT2D eigenvalue weighted by molar-refractivity contribution is 0.180. The van der Waals surface area contributed by atoms with E-state index >= 15 is 0 Å². The van der Waals surface area contributed by atoms with Crippen molar-refractivity contribution in [1.29, 1.82) is 0 Å². The highest BCUT2D eigenvalue weighted by Crippen LogP contribution is 2.28. The molecule has 0 amide bonds. The number of nitrogens with one attached hydrogen (secondary N) is 1. The summed E-state index contributed by atoms with van der Waals surface area (Å²) in [7, 11) is 2.14. The predicted octanol–water partition coefficient (Wildman–Crippen LogP) is 2.89. The van der Waals surface area contributed by atoms with Crippen LogP contribution in [0.15, 0.2) is 30.5 Å². The first-order valence-electron chi connectivity index (χ1n) is 8.33. The Kier molecular flexibility index (Phi) is 3.48. The Morgan fingerprint density at radius 2 is 2.05 bits per heavy atom. The molecule has 2 aliphatic rings. The molecule has 1 aromatic heterocycles. The molecule has 1 aromatic carbocycles. The molecule has 0 radical (unpaired) electrons. The third kappa shape index (κ3) is 2.39. The van der Waals surface area contributed by atoms with Gasteiger partial charge in [-0.3, -0.25) is 4.90 Å². The minimum absolute atomic E-state index is 0.685. The largest absolute Gasteiger partial charge is 0.350 e. The molecular formula is C18H25N3. The number of para-hydroxylation sites is 1. The molecule has 0 saturated carbocycles. The van der Waals surface area contributed by atoms with Gasteiger partial charge in [-0.2, -0.15) is 0 Å². The summed E-state index contributed by atoms with van der Waals surface area (Å²) >= 11 is 0. The quantitative estimate of drug-likeness (QED) is 0.934. The van der Waals surface area contributed by atoms with Crippen molar-refractivity contribution in [3.63, 3.8) is 0 Å². The third-order valence-corrected chi connectivity index (χ3v) is 5.39. The number of piperidine rings is 1. The topological polar surface area (TPSA) is 20.2 Å². The number of aromatic nitrogens is 1. The summed E-state index contributed by atoms with van der Waals surface area (Å²) in [6, 6.07) is 10.2. The molecule has 4 rings (SSSR count). The van der Waals surface area contributed by atoms with E-state index < -0.39 is 0 Å². The molecule has 1 N–H and O–H groups in total. The van der Waals surface area contributed by atoms with E-state index in [9.17, 15) is 0 Å². The number of hydrogen-bond donors (Lipinski definition) is 1. The Morgan fingerprint density at radius 3 is 3.00 bits per heavy atom. The van der Waals surface area contributed by atoms with E-state index in [1.54, 1.807) is 0 Å². The summed E-state index contributed by atoms with van der Waals surface area (Å²) in [5.41, 5.74) is 2.77. The molecule has 2 unspecified atom stereocenters. The second-order valence-electron chi connectivity index (χ2n) is 6.66. The van der Waals surface area contributed by atoms with Gasteiger partial charge in [0.25, 0.3) is 0 Å². The third-order valence-electron chi connectivity index (χ3n) is 5.39. The van der Waals surface area contributed by atoms with Gasteiger partial charge in [-0.05, 0) is 37.4 Å². The van der Waals surface area contributed by atoms with Gasteiger partial charge in [0.05, 0.1) is 0 Å². The average molecular weight is 283 g/mol. The predicted molar refractivity (Wildman–Crippen MR) is 87.4 cm³/mol. The van der Waals surface area contributed by atoms with Crippen molar-refractivity contribution in [1.82, 2.24) is 14.8 Å². The van der Waals surface area contributed by atoms with Crippen LogP contribution in [0, 0.1) is 0 Å². The Labute approximate surface area is 126 Å². The number of rotatable bonds is 3. The van der Waals surface area contributed by atoms with Crippen molar-refractivity contribution in [3.8, 4) is 0 Å². The van der Waals surface area contributed by atoms with E-state index in [-0.39, 0.29) is 0 Å². The average Bonchev–Trinajstić information content (AvgIpc) is 3.08. The van der Waals surface area contributed by atoms with Crippen LogP contribution in [0.4, 0.5) is 0 Å². The van der Waals surface area contributed by atoms with E-state index in [4.69, 9.17) is 0 Å². The number of fused-ring (bicyclic) bond motifs is 2. The van der Waals surface area contributed by atoms with E-state index in [0.717, 1.165) is 12.6 Å². The molecule has 112 valence electrons. The molecule has 0 aliphatic carbocycles. The van der Waals surface area contributed by atoms with Gasteiger partial charge in [-0.25, -0.2) is 0 Å². The van der Waals surface area contributed by atoms with Crippen molar-refractivity contribution in [2.24, 2.45) is 7.05 Å². The maximum absolute atomic E-state index is 3.85. The van der Waals surface area contributed by atoms with Crippen LogP contribution in [0.1, 0.15) is 31.2 Å². The zero-order valence-electron chi connectivity index (χ0n) is 12.9. The monoisotopic (exact) mass is 283 g/mol. The van der Waals surface area contributed by atoms with Gasteiger partial charge in [0.1, 0.15) is 0 Å². The Bertz CT molecular complexity index is 630. The smallest absolute Gasteiger partial charge is 0.0481 e. The van der Waals surface area contributed by atoms with Crippen molar-refractivity contribution in [2.75, 3.05) is 13.1 Å². The second-order valence-corrected chi connectivity index (χ2v) is 6.66. The molecule has 2 aliphatic heterocycles. The highest BCUT2D eigenvalue weighted by molar-refractivity contribution is 5.83. The summed E-state index contributed by atoms with van der Waals surface area (Å²) in [4.78, 5) is 2.70. The fourth-order valence-corrected chi connectivity index (χ4v) is 4.29. The summed E-state index contributed by atoms with van der Waals surface area (Å²) < 4.78 is 2.24. The van der Waals surface area contributed by atoms with E-state index in [1.165, 1.54) is 55.2 Å². The van der Waals surface area contributed by atoms with E-state index in [2.05, 4.69) is 52.3 Å². The standard InChI is InChI=1S/C18H25N3/c1-20-13-14(15-6-2-3-7-17(15)20)12-19-16-9-11-21-10-5-4-8-18(16)21/h2-3,6-7,13,16,18-19H,4-5,8-12H2,1H3. The van der Waals surface area contributed by atoms with Gasteiger partial charge in [0.2, 0.25) is 0 Å². The molecule has 3 nitrogen and oxygen atoms in total. The normalized spacial score (nSPS) is 26.3. The van der Waals surface area contributed by atoms with Gasteiger partial charge < -0.3 is 9.88 Å². The number of nitrogens with zero attached hydrogens (tertiary/aromatic N) is 2. The van der Waals surface area contributed by atoms with Crippen molar-refractivity contribution < 1.29 is 0 Å². The first kappa shape index (κ1) is 13.4. The van der Waals surface area contributed by atoms with Crippen LogP contribution in [-0.4, -0.2) is 34.6 Å². The molecule has 0 spiro atoms. The number of benzene rings is 1. The molecule has 0 bridgehead atoms. The van der Waals surface area contributed by atoms with Crippen LogP contribution in [0.5, 0.6) is 0 Å². The maximum Gasteiger partial charge on any atom is 0.0481 e. The lowest BCUT2D eigenvalue weighted by Gasteiger charge is -2.32. The maximum atomic E-state index is 3.85. The van der Waals surface area contributed by atoms with Crippen molar-refractivity contribution >= 4 is 10.9 Å². The zero-order chi connectivity index (χ0) is 14.2. The van der Waals surface area contributed by atoms with E-state index in [1.807, 2.05) is 0 Å².